The van der Waals surface area contributed by atoms with Gasteiger partial charge in [-0.1, -0.05) is 29.5 Å². The number of fused-ring (bicyclic) bond motifs is 3. The molecule has 126 valence electrons. The van der Waals surface area contributed by atoms with Crippen LogP contribution >= 0.6 is 11.3 Å². The Morgan fingerprint density at radius 1 is 1.24 bits per heavy atom. The minimum absolute atomic E-state index is 0.0145. The number of ketones is 1. The molecule has 1 heterocycles. The third kappa shape index (κ3) is 2.91. The predicted molar refractivity (Wildman–Crippen MR) is 102 cm³/mol. The van der Waals surface area contributed by atoms with Crippen LogP contribution in [0.3, 0.4) is 0 Å². The lowest BCUT2D eigenvalue weighted by molar-refractivity contribution is 0.104. The van der Waals surface area contributed by atoms with Gasteiger partial charge in [0.15, 0.2) is 10.9 Å². The number of nitrogens with zero attached hydrogens (tertiary/aromatic N) is 1. The monoisotopic (exact) mass is 350 g/mol. The predicted octanol–water partition coefficient (Wildman–Crippen LogP) is 4.49. The Kier molecular flexibility index (Phi) is 3.81. The number of benzene rings is 2. The summed E-state index contributed by atoms with van der Waals surface area (Å²) in [5.41, 5.74) is 10.4. The van der Waals surface area contributed by atoms with Crippen molar-refractivity contribution in [3.63, 3.8) is 0 Å². The number of anilines is 1. The summed E-state index contributed by atoms with van der Waals surface area (Å²) < 4.78 is 6.65. The largest absolute Gasteiger partial charge is 0.491 e. The highest BCUT2D eigenvalue weighted by Gasteiger charge is 2.23. The normalized spacial score (nSPS) is 13.9. The second-order valence-corrected chi connectivity index (χ2v) is 7.44. The van der Waals surface area contributed by atoms with E-state index >= 15 is 0 Å². The molecule has 2 aromatic carbocycles. The van der Waals surface area contributed by atoms with Gasteiger partial charge in [0.1, 0.15) is 5.75 Å². The van der Waals surface area contributed by atoms with Crippen LogP contribution in [0.2, 0.25) is 0 Å². The summed E-state index contributed by atoms with van der Waals surface area (Å²) in [6.45, 7) is 4.00. The molecule has 1 aliphatic rings. The van der Waals surface area contributed by atoms with E-state index in [-0.39, 0.29) is 11.9 Å². The van der Waals surface area contributed by atoms with Crippen molar-refractivity contribution in [2.24, 2.45) is 0 Å². The molecule has 0 aliphatic heterocycles. The quantitative estimate of drug-likeness (QED) is 0.756. The Morgan fingerprint density at radius 2 is 2.08 bits per heavy atom. The lowest BCUT2D eigenvalue weighted by atomic mass is 9.87. The molecule has 0 fully saturated rings. The molecule has 0 radical (unpaired) electrons. The van der Waals surface area contributed by atoms with Gasteiger partial charge in [0.25, 0.3) is 0 Å². The fourth-order valence-electron chi connectivity index (χ4n) is 3.18. The third-order valence-corrected chi connectivity index (χ3v) is 5.09. The van der Waals surface area contributed by atoms with Gasteiger partial charge in [0.05, 0.1) is 16.3 Å². The number of rotatable bonds is 3. The highest BCUT2D eigenvalue weighted by Crippen LogP contribution is 2.36. The minimum atomic E-state index is 0.0145. The van der Waals surface area contributed by atoms with Gasteiger partial charge in [-0.05, 0) is 61.2 Å². The summed E-state index contributed by atoms with van der Waals surface area (Å²) in [6.07, 6.45) is 2.55. The van der Waals surface area contributed by atoms with Crippen LogP contribution < -0.4 is 10.5 Å². The number of aromatic nitrogens is 1. The first-order chi connectivity index (χ1) is 12.0. The van der Waals surface area contributed by atoms with E-state index in [0.717, 1.165) is 38.2 Å². The molecule has 5 heteroatoms. The first-order valence-corrected chi connectivity index (χ1v) is 9.03. The lowest BCUT2D eigenvalue weighted by Crippen LogP contribution is -2.10. The van der Waals surface area contributed by atoms with Gasteiger partial charge in [-0.2, -0.15) is 0 Å². The number of allylic oxidation sites excluding steroid dienone is 2. The highest BCUT2D eigenvalue weighted by atomic mass is 32.1. The van der Waals surface area contributed by atoms with Gasteiger partial charge in [0, 0.05) is 5.56 Å². The van der Waals surface area contributed by atoms with Gasteiger partial charge >= 0.3 is 0 Å². The van der Waals surface area contributed by atoms with Crippen LogP contribution in [-0.4, -0.2) is 16.9 Å². The Hall–Kier alpha value is -2.66. The van der Waals surface area contributed by atoms with Crippen molar-refractivity contribution >= 4 is 38.0 Å². The third-order valence-electron chi connectivity index (χ3n) is 4.17. The van der Waals surface area contributed by atoms with E-state index in [1.54, 1.807) is 6.08 Å². The molecule has 1 aromatic heterocycles. The van der Waals surface area contributed by atoms with Gasteiger partial charge in [-0.25, -0.2) is 4.98 Å². The zero-order valence-corrected chi connectivity index (χ0v) is 14.9. The maximum atomic E-state index is 12.8. The van der Waals surface area contributed by atoms with Crippen LogP contribution in [0, 0.1) is 0 Å². The molecule has 0 amide bonds. The second-order valence-electron chi connectivity index (χ2n) is 6.41. The molecule has 0 atom stereocenters. The van der Waals surface area contributed by atoms with E-state index in [1.807, 2.05) is 50.2 Å². The minimum Gasteiger partial charge on any atom is -0.491 e. The Morgan fingerprint density at radius 3 is 2.88 bits per heavy atom. The second kappa shape index (κ2) is 6.01. The molecule has 4 nitrogen and oxygen atoms in total. The van der Waals surface area contributed by atoms with Gasteiger partial charge in [-0.3, -0.25) is 4.79 Å². The zero-order valence-electron chi connectivity index (χ0n) is 14.1. The average Bonchev–Trinajstić information content (AvgIpc) is 2.94. The van der Waals surface area contributed by atoms with Crippen LogP contribution in [0.25, 0.3) is 15.8 Å². The number of thiazole rings is 1. The van der Waals surface area contributed by atoms with E-state index in [1.165, 1.54) is 11.3 Å². The van der Waals surface area contributed by atoms with Gasteiger partial charge in [-0.15, -0.1) is 0 Å². The molecule has 0 bridgehead atoms. The fourth-order valence-corrected chi connectivity index (χ4v) is 4.09. The molecule has 2 N–H and O–H groups in total. The molecular formula is C20H18N2O2S. The molecular weight excluding hydrogens is 332 g/mol. The first-order valence-electron chi connectivity index (χ1n) is 8.21. The number of carbonyl (C=O) groups excluding carboxylic acids is 1. The van der Waals surface area contributed by atoms with Crippen molar-refractivity contribution in [2.45, 2.75) is 26.4 Å². The standard InChI is InChI=1S/C20H18N2O2S/c1-11(2)24-15-5-3-4-12(9-15)14-8-13-6-7-16-19(25-20(21)22-16)18(13)17(23)10-14/h3-7,9-11H,8H2,1-2H3,(H2,21,22). The average molecular weight is 350 g/mol. The maximum Gasteiger partial charge on any atom is 0.187 e. The van der Waals surface area contributed by atoms with Crippen molar-refractivity contribution in [3.8, 4) is 5.75 Å². The molecule has 1 aliphatic carbocycles. The SMILES string of the molecule is CC(C)Oc1cccc(C2=CC(=O)c3c(ccc4nc(N)sc34)C2)c1. The number of nitrogens with two attached hydrogens (primary N) is 1. The smallest absolute Gasteiger partial charge is 0.187 e. The van der Waals surface area contributed by atoms with Crippen LogP contribution in [0.15, 0.2) is 42.5 Å². The van der Waals surface area contributed by atoms with Crippen LogP contribution in [0.1, 0.15) is 35.3 Å². The highest BCUT2D eigenvalue weighted by molar-refractivity contribution is 7.22. The van der Waals surface area contributed by atoms with Crippen molar-refractivity contribution in [3.05, 3.63) is 59.2 Å². The summed E-state index contributed by atoms with van der Waals surface area (Å²) >= 11 is 1.37. The molecule has 25 heavy (non-hydrogen) atoms. The lowest BCUT2D eigenvalue weighted by Gasteiger charge is -2.18. The van der Waals surface area contributed by atoms with E-state index in [9.17, 15) is 4.79 Å². The molecule has 0 saturated heterocycles. The Bertz CT molecular complexity index is 1020. The van der Waals surface area contributed by atoms with E-state index in [0.29, 0.717) is 11.6 Å². The fraction of sp³-hybridized carbons (Fsp3) is 0.200. The molecule has 0 unspecified atom stereocenters. The maximum absolute atomic E-state index is 12.8. The summed E-state index contributed by atoms with van der Waals surface area (Å²) in [6, 6.07) is 11.8. The van der Waals surface area contributed by atoms with E-state index in [4.69, 9.17) is 10.5 Å². The Labute approximate surface area is 150 Å². The molecule has 3 aromatic rings. The van der Waals surface area contributed by atoms with E-state index < -0.39 is 0 Å². The summed E-state index contributed by atoms with van der Waals surface area (Å²) in [7, 11) is 0. The summed E-state index contributed by atoms with van der Waals surface area (Å²) in [4.78, 5) is 17.1. The number of carbonyl (C=O) groups is 1. The van der Waals surface area contributed by atoms with Crippen LogP contribution in [0.4, 0.5) is 5.13 Å². The first kappa shape index (κ1) is 15.8. The molecule has 4 rings (SSSR count). The number of hydrogen-bond donors (Lipinski definition) is 1. The topological polar surface area (TPSA) is 65.2 Å². The molecule has 0 saturated carbocycles. The number of nitrogen functional groups attached to an aromatic ring is 1. The summed E-state index contributed by atoms with van der Waals surface area (Å²) in [5, 5.41) is 0.490. The van der Waals surface area contributed by atoms with Crippen molar-refractivity contribution in [1.29, 1.82) is 0 Å². The number of ether oxygens (including phenoxy) is 1. The van der Waals surface area contributed by atoms with Crippen LogP contribution in [-0.2, 0) is 6.42 Å². The zero-order chi connectivity index (χ0) is 17.6. The van der Waals surface area contributed by atoms with Crippen molar-refractivity contribution < 1.29 is 9.53 Å². The van der Waals surface area contributed by atoms with Crippen molar-refractivity contribution in [2.75, 3.05) is 5.73 Å². The van der Waals surface area contributed by atoms with E-state index in [2.05, 4.69) is 4.98 Å². The molecule has 0 spiro atoms. The van der Waals surface area contributed by atoms with Gasteiger partial charge < -0.3 is 10.5 Å². The van der Waals surface area contributed by atoms with Crippen molar-refractivity contribution in [1.82, 2.24) is 4.98 Å². The summed E-state index contributed by atoms with van der Waals surface area (Å²) in [5.74, 6) is 0.831. The van der Waals surface area contributed by atoms with Gasteiger partial charge in [0.2, 0.25) is 0 Å². The Balaban J connectivity index is 1.75. The van der Waals surface area contributed by atoms with Crippen LogP contribution in [0.5, 0.6) is 5.75 Å². The number of hydrogen-bond acceptors (Lipinski definition) is 5.